The number of rotatable bonds is 9. The van der Waals surface area contributed by atoms with Gasteiger partial charge in [-0.1, -0.05) is 69.7 Å². The van der Waals surface area contributed by atoms with Gasteiger partial charge >= 0.3 is 0 Å². The van der Waals surface area contributed by atoms with Crippen molar-refractivity contribution in [1.29, 1.82) is 0 Å². The van der Waals surface area contributed by atoms with Crippen LogP contribution < -0.4 is 0 Å². The van der Waals surface area contributed by atoms with Crippen LogP contribution in [0.15, 0.2) is 24.3 Å². The van der Waals surface area contributed by atoms with Crippen LogP contribution in [0.4, 0.5) is 4.39 Å². The van der Waals surface area contributed by atoms with Crippen LogP contribution in [0.25, 0.3) is 0 Å². The molecule has 0 nitrogen and oxygen atoms in total. The summed E-state index contributed by atoms with van der Waals surface area (Å²) in [5, 5.41) is 0. The van der Waals surface area contributed by atoms with Crippen LogP contribution in [0, 0.1) is 35.5 Å². The summed E-state index contributed by atoms with van der Waals surface area (Å²) in [4.78, 5) is 0. The van der Waals surface area contributed by atoms with Crippen molar-refractivity contribution >= 4 is 0 Å². The topological polar surface area (TPSA) is 0 Å². The molecule has 0 heterocycles. The molecule has 0 radical (unpaired) electrons. The van der Waals surface area contributed by atoms with Crippen LogP contribution in [0.5, 0.6) is 0 Å². The van der Waals surface area contributed by atoms with Gasteiger partial charge in [0, 0.05) is 6.42 Å². The van der Waals surface area contributed by atoms with E-state index in [0.29, 0.717) is 6.42 Å². The lowest BCUT2D eigenvalue weighted by Crippen LogP contribution is -2.29. The maximum atomic E-state index is 12.5. The van der Waals surface area contributed by atoms with Crippen molar-refractivity contribution < 1.29 is 4.39 Å². The fraction of sp³-hybridized carbons (Fsp3) is 0.806. The number of hydrogen-bond acceptors (Lipinski definition) is 0. The smallest absolute Gasteiger partial charge is 0.0934 e. The molecule has 3 aliphatic carbocycles. The highest BCUT2D eigenvalue weighted by molar-refractivity contribution is 5.22. The van der Waals surface area contributed by atoms with Gasteiger partial charge in [0.05, 0.1) is 6.67 Å². The van der Waals surface area contributed by atoms with E-state index in [2.05, 4.69) is 31.2 Å². The number of halogens is 1. The molecule has 0 aromatic heterocycles. The Morgan fingerprint density at radius 1 is 0.562 bits per heavy atom. The molecule has 1 aromatic rings. The van der Waals surface area contributed by atoms with Crippen LogP contribution in [0.1, 0.15) is 114 Å². The van der Waals surface area contributed by atoms with E-state index in [-0.39, 0.29) is 6.67 Å². The Balaban J connectivity index is 1.12. The van der Waals surface area contributed by atoms with Crippen molar-refractivity contribution in [2.45, 2.75) is 116 Å². The van der Waals surface area contributed by atoms with Gasteiger partial charge in [0.15, 0.2) is 0 Å². The Morgan fingerprint density at radius 2 is 0.938 bits per heavy atom. The Morgan fingerprint density at radius 3 is 1.34 bits per heavy atom. The number of aryl methyl sites for hydroxylation is 2. The van der Waals surface area contributed by atoms with Crippen molar-refractivity contribution in [3.8, 4) is 0 Å². The second-order valence-electron chi connectivity index (χ2n) is 11.8. The molecular weight excluding hydrogens is 391 g/mol. The third kappa shape index (κ3) is 6.83. The average molecular weight is 441 g/mol. The number of hydrogen-bond donors (Lipinski definition) is 0. The van der Waals surface area contributed by atoms with E-state index < -0.39 is 0 Å². The summed E-state index contributed by atoms with van der Waals surface area (Å²) < 4.78 is 12.5. The summed E-state index contributed by atoms with van der Waals surface area (Å²) >= 11 is 0. The maximum Gasteiger partial charge on any atom is 0.0934 e. The molecule has 0 bridgehead atoms. The third-order valence-corrected chi connectivity index (χ3v) is 9.88. The molecule has 0 unspecified atom stereocenters. The first-order chi connectivity index (χ1) is 15.7. The minimum Gasteiger partial charge on any atom is -0.251 e. The largest absolute Gasteiger partial charge is 0.251 e. The van der Waals surface area contributed by atoms with Crippen molar-refractivity contribution in [3.63, 3.8) is 0 Å². The lowest BCUT2D eigenvalue weighted by atomic mass is 9.64. The van der Waals surface area contributed by atoms with Crippen molar-refractivity contribution in [2.75, 3.05) is 6.67 Å². The van der Waals surface area contributed by atoms with Gasteiger partial charge in [-0.2, -0.15) is 0 Å². The summed E-state index contributed by atoms with van der Waals surface area (Å²) in [6.45, 7) is 2.11. The van der Waals surface area contributed by atoms with E-state index in [4.69, 9.17) is 0 Å². The zero-order valence-corrected chi connectivity index (χ0v) is 20.9. The van der Waals surface area contributed by atoms with E-state index >= 15 is 0 Å². The summed E-state index contributed by atoms with van der Waals surface area (Å²) in [5.74, 6) is 6.22. The first-order valence-electron chi connectivity index (χ1n) is 14.4. The second-order valence-corrected chi connectivity index (χ2v) is 11.8. The highest BCUT2D eigenvalue weighted by Crippen LogP contribution is 2.46. The molecule has 3 fully saturated rings. The first kappa shape index (κ1) is 24.3. The van der Waals surface area contributed by atoms with Gasteiger partial charge in [-0.15, -0.1) is 0 Å². The molecular formula is C31H49F. The van der Waals surface area contributed by atoms with Crippen LogP contribution in [0.2, 0.25) is 0 Å². The first-order valence-corrected chi connectivity index (χ1v) is 14.4. The lowest BCUT2D eigenvalue weighted by Gasteiger charge is -2.41. The molecule has 3 aliphatic rings. The van der Waals surface area contributed by atoms with Gasteiger partial charge in [-0.25, -0.2) is 0 Å². The van der Waals surface area contributed by atoms with E-state index in [1.165, 1.54) is 69.8 Å². The van der Waals surface area contributed by atoms with Crippen LogP contribution in [-0.4, -0.2) is 6.67 Å². The number of benzene rings is 1. The van der Waals surface area contributed by atoms with E-state index in [1.807, 2.05) is 0 Å². The Kier molecular flexibility index (Phi) is 9.54. The van der Waals surface area contributed by atoms with Gasteiger partial charge in [-0.05, 0) is 111 Å². The normalized spacial score (nSPS) is 33.8. The highest BCUT2D eigenvalue weighted by Gasteiger charge is 2.34. The van der Waals surface area contributed by atoms with Crippen molar-refractivity contribution in [1.82, 2.24) is 0 Å². The Bertz CT molecular complexity index is 625. The quantitative estimate of drug-likeness (QED) is 0.359. The van der Waals surface area contributed by atoms with Gasteiger partial charge in [0.2, 0.25) is 0 Å². The van der Waals surface area contributed by atoms with Crippen molar-refractivity contribution in [3.05, 3.63) is 35.4 Å². The molecule has 4 rings (SSSR count). The summed E-state index contributed by atoms with van der Waals surface area (Å²) in [6.07, 6.45) is 24.2. The third-order valence-electron chi connectivity index (χ3n) is 9.88. The van der Waals surface area contributed by atoms with E-state index in [0.717, 1.165) is 41.1 Å². The fourth-order valence-corrected chi connectivity index (χ4v) is 7.75. The maximum absolute atomic E-state index is 12.5. The second kappa shape index (κ2) is 12.6. The van der Waals surface area contributed by atoms with Crippen LogP contribution in [-0.2, 0) is 12.8 Å². The monoisotopic (exact) mass is 440 g/mol. The molecule has 0 amide bonds. The minimum absolute atomic E-state index is 0.246. The molecule has 0 spiro atoms. The molecule has 0 atom stereocenters. The molecule has 3 saturated carbocycles. The molecule has 1 heteroatoms. The average Bonchev–Trinajstić information content (AvgIpc) is 2.85. The van der Waals surface area contributed by atoms with Gasteiger partial charge in [0.25, 0.3) is 0 Å². The standard InChI is InChI=1S/C31H49F/c1-2-3-24-10-14-28(15-11-24)30-18-20-31(21-19-30)29-16-12-26(13-17-29)5-4-25-6-8-27(9-7-25)22-23-32/h6-9,24,26,28-31H,2-5,10-23H2,1H3/t24-,26-,28-,29-,30-,31-. The van der Waals surface area contributed by atoms with Gasteiger partial charge in [0.1, 0.15) is 0 Å². The number of alkyl halides is 1. The zero-order chi connectivity index (χ0) is 22.2. The van der Waals surface area contributed by atoms with Gasteiger partial charge in [-0.3, -0.25) is 4.39 Å². The van der Waals surface area contributed by atoms with Crippen LogP contribution in [0.3, 0.4) is 0 Å². The predicted octanol–water partition coefficient (Wildman–Crippen LogP) is 9.35. The Labute approximate surface area is 198 Å². The molecule has 32 heavy (non-hydrogen) atoms. The molecule has 0 saturated heterocycles. The van der Waals surface area contributed by atoms with Gasteiger partial charge < -0.3 is 0 Å². The summed E-state index contributed by atoms with van der Waals surface area (Å²) in [7, 11) is 0. The molecule has 0 N–H and O–H groups in total. The van der Waals surface area contributed by atoms with Crippen LogP contribution >= 0.6 is 0 Å². The highest BCUT2D eigenvalue weighted by atomic mass is 19.1. The summed E-state index contributed by atoms with van der Waals surface area (Å²) in [5.41, 5.74) is 2.58. The SMILES string of the molecule is CCC[C@H]1CC[C@H]([C@H]2CC[C@H]([C@H]3CC[C@H](CCc4ccc(CCF)cc4)CC3)CC2)CC1. The minimum atomic E-state index is -0.246. The molecule has 0 aliphatic heterocycles. The molecule has 1 aromatic carbocycles. The Hall–Kier alpha value is -0.850. The van der Waals surface area contributed by atoms with Crippen molar-refractivity contribution in [2.24, 2.45) is 35.5 Å². The van der Waals surface area contributed by atoms with E-state index in [1.54, 1.807) is 38.5 Å². The lowest BCUT2D eigenvalue weighted by molar-refractivity contribution is 0.102. The predicted molar refractivity (Wildman–Crippen MR) is 136 cm³/mol. The zero-order valence-electron chi connectivity index (χ0n) is 20.9. The fourth-order valence-electron chi connectivity index (χ4n) is 7.75. The molecule has 180 valence electrons. The summed E-state index contributed by atoms with van der Waals surface area (Å²) in [6, 6.07) is 8.70. The van der Waals surface area contributed by atoms with E-state index in [9.17, 15) is 4.39 Å².